The van der Waals surface area contributed by atoms with Crippen LogP contribution in [-0.4, -0.2) is 59.3 Å². The quantitative estimate of drug-likeness (QED) is 0.654. The Balaban J connectivity index is 1.57. The molecule has 1 fully saturated rings. The molecule has 172 valence electrons. The van der Waals surface area contributed by atoms with Gasteiger partial charge in [-0.25, -0.2) is 14.2 Å². The monoisotopic (exact) mass is 452 g/mol. The van der Waals surface area contributed by atoms with E-state index in [0.717, 1.165) is 11.8 Å². The van der Waals surface area contributed by atoms with Gasteiger partial charge < -0.3 is 19.9 Å². The molecule has 2 aromatic heterocycles. The summed E-state index contributed by atoms with van der Waals surface area (Å²) in [5.41, 5.74) is 1.82. The Morgan fingerprint density at radius 2 is 2.00 bits per heavy atom. The molecule has 0 aliphatic carbocycles. The number of nitrogens with zero attached hydrogens (tertiary/aromatic N) is 5. The average molecular weight is 452 g/mol. The molecule has 0 bridgehead atoms. The minimum Gasteiger partial charge on any atom is -0.370 e. The minimum atomic E-state index is -0.537. The topological polar surface area (TPSA) is 92.6 Å². The summed E-state index contributed by atoms with van der Waals surface area (Å²) in [5, 5.41) is 2.80. The van der Waals surface area contributed by atoms with Crippen LogP contribution in [0.4, 0.5) is 20.8 Å². The summed E-state index contributed by atoms with van der Waals surface area (Å²) in [4.78, 5) is 36.2. The van der Waals surface area contributed by atoms with Crippen molar-refractivity contribution in [2.24, 2.45) is 7.05 Å². The van der Waals surface area contributed by atoms with E-state index < -0.39 is 5.82 Å². The SMILES string of the molecule is CN(C)C(=O)Nc1ccc(C2CN(c3nc(-c4ccncc4F)cc(=O)n3C)CCO2)cc1. The van der Waals surface area contributed by atoms with Crippen LogP contribution < -0.4 is 15.8 Å². The molecule has 3 heterocycles. The average Bonchev–Trinajstić information content (AvgIpc) is 2.81. The summed E-state index contributed by atoms with van der Waals surface area (Å²) in [5.74, 6) is -0.0950. The molecule has 0 saturated carbocycles. The number of hydrogen-bond acceptors (Lipinski definition) is 6. The number of carbonyl (C=O) groups excluding carboxylic acids is 1. The normalized spacial score (nSPS) is 15.9. The van der Waals surface area contributed by atoms with Gasteiger partial charge in [0.05, 0.1) is 25.0 Å². The van der Waals surface area contributed by atoms with Gasteiger partial charge in [-0.05, 0) is 23.8 Å². The molecule has 1 aliphatic heterocycles. The molecule has 1 aromatic carbocycles. The largest absolute Gasteiger partial charge is 0.370 e. The third-order valence-electron chi connectivity index (χ3n) is 5.45. The molecule has 10 heteroatoms. The first kappa shape index (κ1) is 22.4. The summed E-state index contributed by atoms with van der Waals surface area (Å²) in [6.07, 6.45) is 2.31. The van der Waals surface area contributed by atoms with Gasteiger partial charge in [0.1, 0.15) is 6.10 Å². The van der Waals surface area contributed by atoms with E-state index in [1.807, 2.05) is 29.2 Å². The van der Waals surface area contributed by atoms with Gasteiger partial charge in [-0.3, -0.25) is 14.3 Å². The molecule has 2 amide bonds. The van der Waals surface area contributed by atoms with Crippen molar-refractivity contribution in [2.75, 3.05) is 44.0 Å². The lowest BCUT2D eigenvalue weighted by molar-refractivity contribution is 0.0390. The van der Waals surface area contributed by atoms with Crippen molar-refractivity contribution in [3.8, 4) is 11.3 Å². The van der Waals surface area contributed by atoms with Crippen LogP contribution in [0.1, 0.15) is 11.7 Å². The summed E-state index contributed by atoms with van der Waals surface area (Å²) >= 11 is 0. The standard InChI is InChI=1S/C23H25FN6O3/c1-28(2)23(32)26-16-6-4-15(5-7-16)20-14-30(10-11-33-20)22-27-19(12-21(31)29(22)3)17-8-9-25-13-18(17)24/h4-9,12-13,20H,10-11,14H2,1-3H3,(H,26,32). The molecule has 1 saturated heterocycles. The van der Waals surface area contributed by atoms with Crippen LogP contribution >= 0.6 is 0 Å². The fraction of sp³-hybridized carbons (Fsp3) is 0.304. The van der Waals surface area contributed by atoms with Gasteiger partial charge >= 0.3 is 6.03 Å². The predicted molar refractivity (Wildman–Crippen MR) is 123 cm³/mol. The summed E-state index contributed by atoms with van der Waals surface area (Å²) in [6.45, 7) is 1.44. The van der Waals surface area contributed by atoms with Gasteiger partial charge in [0.2, 0.25) is 5.95 Å². The number of nitrogens with one attached hydrogen (secondary N) is 1. The number of aromatic nitrogens is 3. The highest BCUT2D eigenvalue weighted by Crippen LogP contribution is 2.27. The number of urea groups is 1. The molecule has 1 aliphatic rings. The number of benzene rings is 1. The Kier molecular flexibility index (Phi) is 6.36. The molecule has 4 rings (SSSR count). The molecular formula is C23H25FN6O3. The van der Waals surface area contributed by atoms with Gasteiger partial charge in [-0.1, -0.05) is 12.1 Å². The van der Waals surface area contributed by atoms with Gasteiger partial charge in [0, 0.05) is 51.2 Å². The number of morpholine rings is 1. The number of pyridine rings is 1. The van der Waals surface area contributed by atoms with E-state index in [2.05, 4.69) is 15.3 Å². The fourth-order valence-corrected chi connectivity index (χ4v) is 3.58. The van der Waals surface area contributed by atoms with Crippen molar-refractivity contribution in [3.05, 3.63) is 70.5 Å². The number of carbonyl (C=O) groups is 1. The minimum absolute atomic E-state index is 0.208. The molecule has 3 aromatic rings. The zero-order valence-electron chi connectivity index (χ0n) is 18.7. The van der Waals surface area contributed by atoms with Crippen molar-refractivity contribution < 1.29 is 13.9 Å². The lowest BCUT2D eigenvalue weighted by Crippen LogP contribution is -2.41. The van der Waals surface area contributed by atoms with Gasteiger partial charge in [-0.2, -0.15) is 0 Å². The van der Waals surface area contributed by atoms with Crippen LogP contribution in [0.2, 0.25) is 0 Å². The number of ether oxygens (including phenoxy) is 1. The Bertz CT molecular complexity index is 1210. The van der Waals surface area contributed by atoms with Crippen LogP contribution in [-0.2, 0) is 11.8 Å². The zero-order chi connectivity index (χ0) is 23.5. The predicted octanol–water partition coefficient (Wildman–Crippen LogP) is 2.65. The van der Waals surface area contributed by atoms with Crippen molar-refractivity contribution in [1.29, 1.82) is 0 Å². The van der Waals surface area contributed by atoms with Crippen LogP contribution in [0.3, 0.4) is 0 Å². The maximum Gasteiger partial charge on any atom is 0.321 e. The van der Waals surface area contributed by atoms with Crippen molar-refractivity contribution in [2.45, 2.75) is 6.10 Å². The third kappa shape index (κ3) is 4.85. The number of anilines is 2. The number of hydrogen-bond donors (Lipinski definition) is 1. The molecule has 9 nitrogen and oxygen atoms in total. The summed E-state index contributed by atoms with van der Waals surface area (Å²) in [6, 6.07) is 10.0. The second-order valence-electron chi connectivity index (χ2n) is 7.95. The Hall–Kier alpha value is -3.79. The molecular weight excluding hydrogens is 427 g/mol. The van der Waals surface area contributed by atoms with Crippen LogP contribution in [0.5, 0.6) is 0 Å². The van der Waals surface area contributed by atoms with Crippen LogP contribution in [0.15, 0.2) is 53.6 Å². The van der Waals surface area contributed by atoms with Gasteiger partial charge in [-0.15, -0.1) is 0 Å². The van der Waals surface area contributed by atoms with Crippen molar-refractivity contribution >= 4 is 17.7 Å². The lowest BCUT2D eigenvalue weighted by Gasteiger charge is -2.34. The van der Waals surface area contributed by atoms with E-state index in [1.165, 1.54) is 27.8 Å². The Labute approximate surface area is 190 Å². The molecule has 1 unspecified atom stereocenters. The number of rotatable bonds is 4. The van der Waals surface area contributed by atoms with E-state index in [1.54, 1.807) is 21.1 Å². The van der Waals surface area contributed by atoms with E-state index in [0.29, 0.717) is 31.3 Å². The molecule has 33 heavy (non-hydrogen) atoms. The van der Waals surface area contributed by atoms with Crippen LogP contribution in [0.25, 0.3) is 11.3 Å². The second-order valence-corrected chi connectivity index (χ2v) is 7.95. The van der Waals surface area contributed by atoms with E-state index in [4.69, 9.17) is 4.74 Å². The summed E-state index contributed by atoms with van der Waals surface area (Å²) < 4.78 is 21.7. The third-order valence-corrected chi connectivity index (χ3v) is 5.45. The maximum atomic E-state index is 14.2. The maximum absolute atomic E-state index is 14.2. The lowest BCUT2D eigenvalue weighted by atomic mass is 10.1. The molecule has 0 spiro atoms. The van der Waals surface area contributed by atoms with Gasteiger partial charge in [0.25, 0.3) is 5.56 Å². The number of amides is 2. The smallest absolute Gasteiger partial charge is 0.321 e. The van der Waals surface area contributed by atoms with E-state index in [-0.39, 0.29) is 29.0 Å². The summed E-state index contributed by atoms with van der Waals surface area (Å²) in [7, 11) is 4.99. The van der Waals surface area contributed by atoms with E-state index >= 15 is 0 Å². The first-order valence-corrected chi connectivity index (χ1v) is 10.5. The highest BCUT2D eigenvalue weighted by atomic mass is 19.1. The van der Waals surface area contributed by atoms with Gasteiger partial charge in [0.15, 0.2) is 5.82 Å². The first-order chi connectivity index (χ1) is 15.8. The molecule has 1 atom stereocenters. The van der Waals surface area contributed by atoms with Crippen LogP contribution in [0, 0.1) is 5.82 Å². The van der Waals surface area contributed by atoms with E-state index in [9.17, 15) is 14.0 Å². The van der Waals surface area contributed by atoms with Crippen molar-refractivity contribution in [3.63, 3.8) is 0 Å². The Morgan fingerprint density at radius 3 is 2.70 bits per heavy atom. The highest BCUT2D eigenvalue weighted by Gasteiger charge is 2.25. The molecule has 1 N–H and O–H groups in total. The first-order valence-electron chi connectivity index (χ1n) is 10.5. The fourth-order valence-electron chi connectivity index (χ4n) is 3.58. The second kappa shape index (κ2) is 9.37. The Morgan fingerprint density at radius 1 is 1.24 bits per heavy atom. The number of halogens is 1. The van der Waals surface area contributed by atoms with Crippen molar-refractivity contribution in [1.82, 2.24) is 19.4 Å². The zero-order valence-corrected chi connectivity index (χ0v) is 18.7. The highest BCUT2D eigenvalue weighted by molar-refractivity contribution is 5.88. The molecule has 0 radical (unpaired) electrons.